The van der Waals surface area contributed by atoms with Gasteiger partial charge in [0, 0.05) is 37.0 Å². The second-order valence-electron chi connectivity index (χ2n) is 5.92. The molecule has 0 amide bonds. The number of nitro groups is 1. The molecule has 1 heterocycles. The Bertz CT molecular complexity index is 516. The molecule has 1 aliphatic heterocycles. The number of hydrogen-bond donors (Lipinski definition) is 1. The second-order valence-corrected chi connectivity index (χ2v) is 5.92. The maximum Gasteiger partial charge on any atom is 0.311 e. The number of nitrogens with two attached hydrogens (primary N) is 1. The topological polar surface area (TPSA) is 81.6 Å². The third-order valence-corrected chi connectivity index (χ3v) is 4.04. The van der Waals surface area contributed by atoms with Crippen LogP contribution in [0.15, 0.2) is 18.2 Å². The Morgan fingerprint density at radius 2 is 2.20 bits per heavy atom. The molecule has 0 bridgehead atoms. The lowest BCUT2D eigenvalue weighted by Crippen LogP contribution is -2.52. The van der Waals surface area contributed by atoms with Gasteiger partial charge in [0.1, 0.15) is 0 Å². The number of anilines is 1. The Kier molecular flexibility index (Phi) is 3.85. The lowest BCUT2D eigenvalue weighted by atomic mass is 9.79. The van der Waals surface area contributed by atoms with Crippen molar-refractivity contribution >= 4 is 11.4 Å². The van der Waals surface area contributed by atoms with Crippen molar-refractivity contribution in [3.63, 3.8) is 0 Å². The zero-order valence-electron chi connectivity index (χ0n) is 12.1. The summed E-state index contributed by atoms with van der Waals surface area (Å²) in [5.41, 5.74) is 7.08. The minimum absolute atomic E-state index is 0.00998. The Balaban J connectivity index is 2.28. The zero-order chi connectivity index (χ0) is 14.9. The van der Waals surface area contributed by atoms with E-state index in [0.717, 1.165) is 25.2 Å². The number of ether oxygens (including phenoxy) is 1. The highest BCUT2D eigenvalue weighted by Crippen LogP contribution is 2.35. The molecular formula is C14H21N3O3. The number of hydrogen-bond acceptors (Lipinski definition) is 5. The molecule has 0 aliphatic carbocycles. The van der Waals surface area contributed by atoms with E-state index in [0.29, 0.717) is 5.75 Å². The van der Waals surface area contributed by atoms with Gasteiger partial charge in [-0.2, -0.15) is 0 Å². The van der Waals surface area contributed by atoms with Gasteiger partial charge in [0.05, 0.1) is 12.0 Å². The fourth-order valence-corrected chi connectivity index (χ4v) is 2.61. The van der Waals surface area contributed by atoms with Crippen LogP contribution in [0, 0.1) is 15.5 Å². The number of piperidine rings is 1. The molecule has 1 aromatic carbocycles. The second kappa shape index (κ2) is 5.28. The Morgan fingerprint density at radius 3 is 2.75 bits per heavy atom. The molecule has 1 aromatic rings. The van der Waals surface area contributed by atoms with Gasteiger partial charge in [0.15, 0.2) is 5.75 Å². The van der Waals surface area contributed by atoms with Gasteiger partial charge in [-0.25, -0.2) is 0 Å². The summed E-state index contributed by atoms with van der Waals surface area (Å²) in [4.78, 5) is 12.7. The summed E-state index contributed by atoms with van der Waals surface area (Å²) in [6, 6.07) is 5.17. The summed E-state index contributed by atoms with van der Waals surface area (Å²) in [5, 5.41) is 10.9. The first-order chi connectivity index (χ1) is 9.35. The minimum atomic E-state index is -0.432. The van der Waals surface area contributed by atoms with E-state index in [1.165, 1.54) is 13.2 Å². The summed E-state index contributed by atoms with van der Waals surface area (Å²) in [5.74, 6) is 0.292. The van der Waals surface area contributed by atoms with E-state index < -0.39 is 4.92 Å². The zero-order valence-corrected chi connectivity index (χ0v) is 12.1. The summed E-state index contributed by atoms with van der Waals surface area (Å²) < 4.78 is 5.12. The summed E-state index contributed by atoms with van der Waals surface area (Å²) in [6.45, 7) is 5.97. The van der Waals surface area contributed by atoms with Crippen molar-refractivity contribution in [2.45, 2.75) is 26.3 Å². The number of nitro benzene ring substituents is 1. The largest absolute Gasteiger partial charge is 0.490 e. The SMILES string of the molecule is COc1cc(N2CCC(N)C(C)(C)C2)ccc1[N+](=O)[O-]. The van der Waals surface area contributed by atoms with Crippen LogP contribution in [-0.2, 0) is 0 Å². The number of methoxy groups -OCH3 is 1. The smallest absolute Gasteiger partial charge is 0.311 e. The average Bonchev–Trinajstić information content (AvgIpc) is 2.40. The first-order valence-electron chi connectivity index (χ1n) is 6.68. The normalized spacial score (nSPS) is 21.6. The molecule has 110 valence electrons. The van der Waals surface area contributed by atoms with Crippen molar-refractivity contribution in [1.82, 2.24) is 0 Å². The monoisotopic (exact) mass is 279 g/mol. The van der Waals surface area contributed by atoms with Crippen molar-refractivity contribution in [3.8, 4) is 5.75 Å². The first-order valence-corrected chi connectivity index (χ1v) is 6.68. The lowest BCUT2D eigenvalue weighted by molar-refractivity contribution is -0.385. The predicted octanol–water partition coefficient (Wildman–Crippen LogP) is 2.17. The average molecular weight is 279 g/mol. The molecule has 1 fully saturated rings. The highest BCUT2D eigenvalue weighted by molar-refractivity contribution is 5.59. The van der Waals surface area contributed by atoms with Gasteiger partial charge in [-0.15, -0.1) is 0 Å². The molecule has 0 spiro atoms. The third kappa shape index (κ3) is 2.70. The summed E-state index contributed by atoms with van der Waals surface area (Å²) in [6.07, 6.45) is 0.909. The van der Waals surface area contributed by atoms with Gasteiger partial charge in [-0.05, 0) is 17.9 Å². The van der Waals surface area contributed by atoms with E-state index in [2.05, 4.69) is 18.7 Å². The molecule has 20 heavy (non-hydrogen) atoms. The molecule has 1 aliphatic rings. The Hall–Kier alpha value is -1.82. The standard InChI is InChI=1S/C14H21N3O3/c1-14(2)9-16(7-6-13(14)15)10-4-5-11(17(18)19)12(8-10)20-3/h4-5,8,13H,6-7,9,15H2,1-3H3. The highest BCUT2D eigenvalue weighted by atomic mass is 16.6. The maximum atomic E-state index is 10.9. The fraction of sp³-hybridized carbons (Fsp3) is 0.571. The van der Waals surface area contributed by atoms with Crippen LogP contribution in [0.4, 0.5) is 11.4 Å². The van der Waals surface area contributed by atoms with Crippen LogP contribution >= 0.6 is 0 Å². The van der Waals surface area contributed by atoms with E-state index in [4.69, 9.17) is 10.5 Å². The first kappa shape index (κ1) is 14.6. The summed E-state index contributed by atoms with van der Waals surface area (Å²) >= 11 is 0. The minimum Gasteiger partial charge on any atom is -0.490 e. The molecule has 6 nitrogen and oxygen atoms in total. The number of benzene rings is 1. The molecule has 2 N–H and O–H groups in total. The number of nitrogens with zero attached hydrogens (tertiary/aromatic N) is 2. The number of rotatable bonds is 3. The van der Waals surface area contributed by atoms with E-state index in [-0.39, 0.29) is 17.1 Å². The lowest BCUT2D eigenvalue weighted by Gasteiger charge is -2.43. The van der Waals surface area contributed by atoms with Gasteiger partial charge in [-0.1, -0.05) is 13.8 Å². The van der Waals surface area contributed by atoms with Crippen LogP contribution in [0.3, 0.4) is 0 Å². The molecule has 1 unspecified atom stereocenters. The summed E-state index contributed by atoms with van der Waals surface area (Å²) in [7, 11) is 1.45. The fourth-order valence-electron chi connectivity index (χ4n) is 2.61. The van der Waals surface area contributed by atoms with E-state index in [1.54, 1.807) is 12.1 Å². The molecule has 0 radical (unpaired) electrons. The van der Waals surface area contributed by atoms with Gasteiger partial charge in [0.25, 0.3) is 0 Å². The van der Waals surface area contributed by atoms with Gasteiger partial charge >= 0.3 is 5.69 Å². The quantitative estimate of drug-likeness (QED) is 0.677. The van der Waals surface area contributed by atoms with Crippen molar-refractivity contribution in [2.24, 2.45) is 11.1 Å². The van der Waals surface area contributed by atoms with Crippen LogP contribution in [0.5, 0.6) is 5.75 Å². The van der Waals surface area contributed by atoms with Crippen LogP contribution in [0.1, 0.15) is 20.3 Å². The van der Waals surface area contributed by atoms with Crippen LogP contribution in [-0.4, -0.2) is 31.2 Å². The Morgan fingerprint density at radius 1 is 1.50 bits per heavy atom. The van der Waals surface area contributed by atoms with Crippen molar-refractivity contribution in [2.75, 3.05) is 25.1 Å². The molecule has 0 saturated carbocycles. The van der Waals surface area contributed by atoms with Crippen LogP contribution in [0.2, 0.25) is 0 Å². The van der Waals surface area contributed by atoms with Crippen LogP contribution < -0.4 is 15.4 Å². The van der Waals surface area contributed by atoms with E-state index >= 15 is 0 Å². The van der Waals surface area contributed by atoms with Crippen LogP contribution in [0.25, 0.3) is 0 Å². The molecule has 0 aromatic heterocycles. The van der Waals surface area contributed by atoms with E-state index in [9.17, 15) is 10.1 Å². The van der Waals surface area contributed by atoms with Crippen molar-refractivity contribution in [1.29, 1.82) is 0 Å². The highest BCUT2D eigenvalue weighted by Gasteiger charge is 2.33. The molecule has 2 rings (SSSR count). The van der Waals surface area contributed by atoms with Gasteiger partial charge < -0.3 is 15.4 Å². The Labute approximate surface area is 118 Å². The molecular weight excluding hydrogens is 258 g/mol. The molecule has 6 heteroatoms. The van der Waals surface area contributed by atoms with Crippen molar-refractivity contribution in [3.05, 3.63) is 28.3 Å². The predicted molar refractivity (Wildman–Crippen MR) is 78.2 cm³/mol. The maximum absolute atomic E-state index is 10.9. The molecule has 1 saturated heterocycles. The molecule has 1 atom stereocenters. The van der Waals surface area contributed by atoms with E-state index in [1.807, 2.05) is 0 Å². The third-order valence-electron chi connectivity index (χ3n) is 4.04. The van der Waals surface area contributed by atoms with Crippen molar-refractivity contribution < 1.29 is 9.66 Å². The van der Waals surface area contributed by atoms with Gasteiger partial charge in [0.2, 0.25) is 0 Å². The van der Waals surface area contributed by atoms with Gasteiger partial charge in [-0.3, -0.25) is 10.1 Å².